The minimum Gasteiger partial charge on any atom is -0.493 e. The number of nitrogens with two attached hydrogens (primary N) is 1. The molecule has 1 fully saturated rings. The van der Waals surface area contributed by atoms with E-state index < -0.39 is 31.1 Å². The molecule has 32 heavy (non-hydrogen) atoms. The Morgan fingerprint density at radius 1 is 1.22 bits per heavy atom. The lowest BCUT2D eigenvalue weighted by Crippen LogP contribution is -2.33. The number of methoxy groups -OCH3 is 2. The molecule has 1 aliphatic heterocycles. The number of aromatic nitrogens is 4. The van der Waals surface area contributed by atoms with Gasteiger partial charge in [0.1, 0.15) is 24.6 Å². The fraction of sp³-hybridized carbons (Fsp3) is 0.368. The molecule has 0 spiro atoms. The average molecular weight is 445 g/mol. The third-order valence-corrected chi connectivity index (χ3v) is 5.06. The van der Waals surface area contributed by atoms with E-state index >= 15 is 0 Å². The Hall–Kier alpha value is -3.52. The second kappa shape index (κ2) is 8.92. The van der Waals surface area contributed by atoms with Crippen LogP contribution in [0.5, 0.6) is 11.5 Å². The Balaban J connectivity index is 1.68. The van der Waals surface area contributed by atoms with E-state index in [1.54, 1.807) is 25.3 Å². The highest BCUT2D eigenvalue weighted by Crippen LogP contribution is 2.35. The topological polar surface area (TPSA) is 182 Å². The molecule has 4 atom stereocenters. The van der Waals surface area contributed by atoms with Gasteiger partial charge in [-0.15, -0.1) is 0 Å². The number of hydrogen-bond donors (Lipinski definition) is 5. The molecule has 0 unspecified atom stereocenters. The largest absolute Gasteiger partial charge is 0.493 e. The lowest BCUT2D eigenvalue weighted by atomic mass is 10.1. The minimum absolute atomic E-state index is 0.118. The van der Waals surface area contributed by atoms with Crippen molar-refractivity contribution in [2.24, 2.45) is 5.10 Å². The lowest BCUT2D eigenvalue weighted by Gasteiger charge is -2.18. The molecule has 0 bridgehead atoms. The summed E-state index contributed by atoms with van der Waals surface area (Å²) in [6, 6.07) is 5.26. The van der Waals surface area contributed by atoms with E-state index in [0.717, 1.165) is 0 Å². The molecule has 0 aliphatic carbocycles. The number of ether oxygens (including phenoxy) is 3. The summed E-state index contributed by atoms with van der Waals surface area (Å²) in [6.07, 6.45) is -1.96. The quantitative estimate of drug-likeness (QED) is 0.233. The van der Waals surface area contributed by atoms with Crippen molar-refractivity contribution in [1.82, 2.24) is 19.5 Å². The molecule has 6 N–H and O–H groups in total. The summed E-state index contributed by atoms with van der Waals surface area (Å²) in [7, 11) is 3.08. The molecule has 3 aromatic rings. The third kappa shape index (κ3) is 3.78. The summed E-state index contributed by atoms with van der Waals surface area (Å²) in [5.41, 5.74) is 9.93. The number of imidazole rings is 1. The van der Waals surface area contributed by atoms with Crippen molar-refractivity contribution in [3.05, 3.63) is 30.1 Å². The van der Waals surface area contributed by atoms with Crippen LogP contribution in [-0.2, 0) is 4.74 Å². The molecule has 1 aromatic carbocycles. The van der Waals surface area contributed by atoms with Gasteiger partial charge < -0.3 is 35.3 Å². The van der Waals surface area contributed by atoms with Gasteiger partial charge in [0.05, 0.1) is 27.0 Å². The summed E-state index contributed by atoms with van der Waals surface area (Å²) in [5, 5.41) is 34.3. The highest BCUT2D eigenvalue weighted by molar-refractivity contribution is 5.85. The van der Waals surface area contributed by atoms with Gasteiger partial charge in [0.25, 0.3) is 0 Å². The summed E-state index contributed by atoms with van der Waals surface area (Å²) >= 11 is 0. The van der Waals surface area contributed by atoms with E-state index in [4.69, 9.17) is 19.9 Å². The molecular weight excluding hydrogens is 422 g/mol. The Labute approximate surface area is 182 Å². The smallest absolute Gasteiger partial charge is 0.228 e. The molecule has 0 saturated carbocycles. The number of nitrogens with one attached hydrogen (secondary N) is 1. The highest BCUT2D eigenvalue weighted by atomic mass is 16.6. The van der Waals surface area contributed by atoms with Crippen LogP contribution in [-0.4, -0.2) is 80.2 Å². The predicted octanol–water partition coefficient (Wildman–Crippen LogP) is -0.517. The van der Waals surface area contributed by atoms with Crippen LogP contribution in [0, 0.1) is 0 Å². The first kappa shape index (κ1) is 21.7. The van der Waals surface area contributed by atoms with Crippen LogP contribution in [0.25, 0.3) is 11.2 Å². The number of nitrogen functional groups attached to an aromatic ring is 1. The van der Waals surface area contributed by atoms with Gasteiger partial charge in [0, 0.05) is 0 Å². The third-order valence-electron chi connectivity index (χ3n) is 5.06. The molecule has 2 aromatic heterocycles. The summed E-state index contributed by atoms with van der Waals surface area (Å²) in [4.78, 5) is 12.5. The average Bonchev–Trinajstić information content (AvgIpc) is 3.31. The van der Waals surface area contributed by atoms with Crippen LogP contribution < -0.4 is 20.6 Å². The number of fused-ring (bicyclic) bond motifs is 1. The number of rotatable bonds is 7. The molecular formula is C19H23N7O6. The molecule has 1 aliphatic rings. The number of aliphatic hydroxyl groups excluding tert-OH is 3. The zero-order valence-corrected chi connectivity index (χ0v) is 17.3. The number of hydrazone groups is 1. The van der Waals surface area contributed by atoms with Gasteiger partial charge in [-0.3, -0.25) is 4.57 Å². The predicted molar refractivity (Wildman–Crippen MR) is 114 cm³/mol. The number of nitrogens with zero attached hydrogens (tertiary/aromatic N) is 5. The van der Waals surface area contributed by atoms with Crippen molar-refractivity contribution < 1.29 is 29.5 Å². The van der Waals surface area contributed by atoms with Crippen molar-refractivity contribution in [2.75, 3.05) is 32.0 Å². The Morgan fingerprint density at radius 2 is 2.00 bits per heavy atom. The van der Waals surface area contributed by atoms with E-state index in [0.29, 0.717) is 17.1 Å². The van der Waals surface area contributed by atoms with Crippen molar-refractivity contribution >= 4 is 29.1 Å². The van der Waals surface area contributed by atoms with Gasteiger partial charge in [0.2, 0.25) is 5.95 Å². The fourth-order valence-corrected chi connectivity index (χ4v) is 3.44. The highest BCUT2D eigenvalue weighted by Gasteiger charge is 2.45. The van der Waals surface area contributed by atoms with Gasteiger partial charge >= 0.3 is 0 Å². The summed E-state index contributed by atoms with van der Waals surface area (Å²) < 4.78 is 17.5. The zero-order chi connectivity index (χ0) is 22.8. The van der Waals surface area contributed by atoms with Crippen molar-refractivity contribution in [1.29, 1.82) is 0 Å². The van der Waals surface area contributed by atoms with Crippen LogP contribution >= 0.6 is 0 Å². The standard InChI is InChI=1S/C19H23N7O6/c1-30-10-4-3-9(5-11(10)31-2)6-23-25-19-24-13-16(20)21-8-22-17(13)26(19)18-15(29)14(28)12(7-27)32-18/h3-6,8,12,14-15,18,27-29H,7H2,1-2H3,(H,24,25)(H2,20,21,22)/t12-,14+,15-,18-/m0/s1. The molecule has 0 radical (unpaired) electrons. The first-order valence-electron chi connectivity index (χ1n) is 9.60. The van der Waals surface area contributed by atoms with Crippen molar-refractivity contribution in [2.45, 2.75) is 24.5 Å². The van der Waals surface area contributed by atoms with E-state index in [9.17, 15) is 15.3 Å². The number of aliphatic hydroxyl groups is 3. The molecule has 1 saturated heterocycles. The second-order valence-electron chi connectivity index (χ2n) is 6.95. The maximum Gasteiger partial charge on any atom is 0.228 e. The Bertz CT molecular complexity index is 1140. The van der Waals surface area contributed by atoms with E-state index in [1.807, 2.05) is 0 Å². The molecule has 3 heterocycles. The van der Waals surface area contributed by atoms with E-state index in [-0.39, 0.29) is 22.9 Å². The lowest BCUT2D eigenvalue weighted by molar-refractivity contribution is -0.0501. The molecule has 0 amide bonds. The van der Waals surface area contributed by atoms with Crippen LogP contribution in [0.2, 0.25) is 0 Å². The Morgan fingerprint density at radius 3 is 2.69 bits per heavy atom. The first-order chi connectivity index (χ1) is 15.5. The number of benzene rings is 1. The van der Waals surface area contributed by atoms with Crippen LogP contribution in [0.3, 0.4) is 0 Å². The van der Waals surface area contributed by atoms with Crippen molar-refractivity contribution in [3.63, 3.8) is 0 Å². The summed E-state index contributed by atoms with van der Waals surface area (Å²) in [5.74, 6) is 1.38. The van der Waals surface area contributed by atoms with Gasteiger partial charge in [-0.2, -0.15) is 5.10 Å². The number of anilines is 2. The molecule has 13 heteroatoms. The minimum atomic E-state index is -1.35. The van der Waals surface area contributed by atoms with E-state index in [1.165, 1.54) is 24.2 Å². The summed E-state index contributed by atoms with van der Waals surface area (Å²) in [6.45, 7) is -0.474. The maximum absolute atomic E-state index is 10.5. The van der Waals surface area contributed by atoms with Crippen LogP contribution in [0.1, 0.15) is 11.8 Å². The van der Waals surface area contributed by atoms with Crippen LogP contribution in [0.15, 0.2) is 29.6 Å². The van der Waals surface area contributed by atoms with Crippen LogP contribution in [0.4, 0.5) is 11.8 Å². The molecule has 13 nitrogen and oxygen atoms in total. The van der Waals surface area contributed by atoms with E-state index in [2.05, 4.69) is 25.5 Å². The Kier molecular flexibility index (Phi) is 6.05. The fourth-order valence-electron chi connectivity index (χ4n) is 3.44. The van der Waals surface area contributed by atoms with Gasteiger partial charge in [-0.25, -0.2) is 20.4 Å². The van der Waals surface area contributed by atoms with Crippen molar-refractivity contribution in [3.8, 4) is 11.5 Å². The van der Waals surface area contributed by atoms with Gasteiger partial charge in [0.15, 0.2) is 34.7 Å². The van der Waals surface area contributed by atoms with Gasteiger partial charge in [-0.1, -0.05) is 0 Å². The zero-order valence-electron chi connectivity index (χ0n) is 17.3. The normalized spacial score (nSPS) is 23.2. The van der Waals surface area contributed by atoms with Gasteiger partial charge in [-0.05, 0) is 23.8 Å². The second-order valence-corrected chi connectivity index (χ2v) is 6.95. The SMILES string of the molecule is COc1ccc(C=NNc2nc3c(N)ncnc3n2[C@H]2O[C@@H](CO)[C@@H](O)[C@@H]2O)cc1OC. The monoisotopic (exact) mass is 445 g/mol. The first-order valence-corrected chi connectivity index (χ1v) is 9.60. The molecule has 170 valence electrons. The maximum atomic E-state index is 10.5. The molecule has 4 rings (SSSR count). The number of hydrogen-bond acceptors (Lipinski definition) is 12.